The molecular weight excluding hydrogens is 885 g/mol. The fourth-order valence-electron chi connectivity index (χ4n) is 8.25. The average Bonchev–Trinajstić information content (AvgIpc) is 3.38. The second-order valence-electron chi connectivity index (χ2n) is 19.7. The van der Waals surface area contributed by atoms with Crippen molar-refractivity contribution in [3.05, 3.63) is 122 Å². The Morgan fingerprint density at radius 1 is 0.333 bits per heavy atom. The van der Waals surface area contributed by atoms with Crippen molar-refractivity contribution in [1.29, 1.82) is 0 Å². The van der Waals surface area contributed by atoms with Gasteiger partial charge in [0.05, 0.1) is 6.61 Å². The average molecular weight is 998 g/mol. The van der Waals surface area contributed by atoms with E-state index in [0.29, 0.717) is 12.8 Å². The Labute approximate surface area is 445 Å². The molecule has 1 unspecified atom stereocenters. The molecule has 0 amide bonds. The van der Waals surface area contributed by atoms with Gasteiger partial charge in [-0.1, -0.05) is 270 Å². The van der Waals surface area contributed by atoms with E-state index in [-0.39, 0.29) is 25.2 Å². The number of carbonyl (C=O) groups is 2. The van der Waals surface area contributed by atoms with Crippen LogP contribution in [0, 0.1) is 0 Å². The lowest BCUT2D eigenvalue weighted by atomic mass is 10.0. The number of allylic oxidation sites excluding steroid dienone is 20. The summed E-state index contributed by atoms with van der Waals surface area (Å²) >= 11 is 0. The standard InChI is InChI=1S/C67H112O5/c1-3-5-7-9-11-13-15-17-19-21-23-25-27-29-30-31-32-33-34-35-36-38-40-42-44-46-48-50-52-54-56-58-60-62-67(70)72-65(63-68)64-71-66(69)61-59-57-55-53-51-49-47-45-43-41-39-37-28-26-24-22-20-18-16-14-12-10-8-6-4-2/h5,7,11,13,17,19,22-25,29-30,32-33,35-36,40,42,46,48,65,68H,3-4,6,8-10,12,14-16,18,20-21,26-28,31,34,37-39,41,43-45,47,49-64H2,1-2H3/b7-5-,13-11-,19-17-,24-22-,25-23-,30-29-,33-32-,36-35-,42-40-,48-46-. The van der Waals surface area contributed by atoms with Crippen LogP contribution in [0.5, 0.6) is 0 Å². The lowest BCUT2D eigenvalue weighted by Gasteiger charge is -2.15. The van der Waals surface area contributed by atoms with Crippen molar-refractivity contribution in [3.8, 4) is 0 Å². The van der Waals surface area contributed by atoms with Crippen molar-refractivity contribution in [3.63, 3.8) is 0 Å². The molecule has 0 aliphatic rings. The van der Waals surface area contributed by atoms with Gasteiger partial charge in [-0.05, 0) is 109 Å². The Balaban J connectivity index is 3.59. The normalized spacial score (nSPS) is 13.1. The van der Waals surface area contributed by atoms with E-state index in [4.69, 9.17) is 9.47 Å². The molecule has 5 heteroatoms. The summed E-state index contributed by atoms with van der Waals surface area (Å²) in [4.78, 5) is 24.6. The number of esters is 2. The largest absolute Gasteiger partial charge is 0.462 e. The summed E-state index contributed by atoms with van der Waals surface area (Å²) in [6.07, 6.45) is 90.3. The molecule has 0 rings (SSSR count). The Kier molecular flexibility index (Phi) is 58.4. The highest BCUT2D eigenvalue weighted by Gasteiger charge is 2.16. The van der Waals surface area contributed by atoms with Crippen molar-refractivity contribution in [2.75, 3.05) is 13.2 Å². The Morgan fingerprint density at radius 2 is 0.597 bits per heavy atom. The van der Waals surface area contributed by atoms with E-state index >= 15 is 0 Å². The van der Waals surface area contributed by atoms with Gasteiger partial charge in [0.1, 0.15) is 6.61 Å². The summed E-state index contributed by atoms with van der Waals surface area (Å²) in [7, 11) is 0. The van der Waals surface area contributed by atoms with E-state index in [9.17, 15) is 14.7 Å². The smallest absolute Gasteiger partial charge is 0.306 e. The second kappa shape index (κ2) is 61.6. The van der Waals surface area contributed by atoms with Gasteiger partial charge < -0.3 is 14.6 Å². The zero-order valence-electron chi connectivity index (χ0n) is 46.9. The summed E-state index contributed by atoms with van der Waals surface area (Å²) in [5, 5.41) is 9.67. The topological polar surface area (TPSA) is 72.8 Å². The molecule has 1 atom stereocenters. The van der Waals surface area contributed by atoms with Crippen LogP contribution < -0.4 is 0 Å². The van der Waals surface area contributed by atoms with Crippen LogP contribution in [0.25, 0.3) is 0 Å². The van der Waals surface area contributed by atoms with Gasteiger partial charge in [0.2, 0.25) is 0 Å². The van der Waals surface area contributed by atoms with Gasteiger partial charge in [-0.15, -0.1) is 0 Å². The molecule has 0 saturated carbocycles. The predicted molar refractivity (Wildman–Crippen MR) is 315 cm³/mol. The third-order valence-electron chi connectivity index (χ3n) is 12.7. The first-order valence-electron chi connectivity index (χ1n) is 30.1. The summed E-state index contributed by atoms with van der Waals surface area (Å²) in [6, 6.07) is 0. The van der Waals surface area contributed by atoms with Gasteiger partial charge in [-0.25, -0.2) is 0 Å². The fourth-order valence-corrected chi connectivity index (χ4v) is 8.25. The van der Waals surface area contributed by atoms with Crippen LogP contribution in [0.15, 0.2) is 122 Å². The van der Waals surface area contributed by atoms with E-state index < -0.39 is 6.10 Å². The van der Waals surface area contributed by atoms with E-state index in [2.05, 4.69) is 135 Å². The maximum atomic E-state index is 12.3. The maximum Gasteiger partial charge on any atom is 0.306 e. The Hall–Kier alpha value is -3.70. The highest BCUT2D eigenvalue weighted by molar-refractivity contribution is 5.70. The highest BCUT2D eigenvalue weighted by Crippen LogP contribution is 2.15. The molecule has 0 aromatic rings. The highest BCUT2D eigenvalue weighted by atomic mass is 16.6. The number of carbonyl (C=O) groups excluding carboxylic acids is 2. The summed E-state index contributed by atoms with van der Waals surface area (Å²) in [5.74, 6) is -0.614. The van der Waals surface area contributed by atoms with Crippen molar-refractivity contribution >= 4 is 11.9 Å². The zero-order valence-corrected chi connectivity index (χ0v) is 46.9. The van der Waals surface area contributed by atoms with Gasteiger partial charge in [0.15, 0.2) is 6.10 Å². The van der Waals surface area contributed by atoms with Gasteiger partial charge in [0.25, 0.3) is 0 Å². The van der Waals surface area contributed by atoms with Crippen molar-refractivity contribution in [2.45, 2.75) is 277 Å². The zero-order chi connectivity index (χ0) is 52.0. The van der Waals surface area contributed by atoms with E-state index in [1.54, 1.807) is 0 Å². The number of ether oxygens (including phenoxy) is 2. The fraction of sp³-hybridized carbons (Fsp3) is 0.672. The molecule has 1 N–H and O–H groups in total. The van der Waals surface area contributed by atoms with E-state index in [1.165, 1.54) is 128 Å². The van der Waals surface area contributed by atoms with Gasteiger partial charge in [-0.2, -0.15) is 0 Å². The minimum Gasteiger partial charge on any atom is -0.462 e. The van der Waals surface area contributed by atoms with Crippen LogP contribution in [0.2, 0.25) is 0 Å². The lowest BCUT2D eigenvalue weighted by molar-refractivity contribution is -0.161. The van der Waals surface area contributed by atoms with Gasteiger partial charge in [0, 0.05) is 12.8 Å². The molecule has 0 spiro atoms. The van der Waals surface area contributed by atoms with Gasteiger partial charge in [-0.3, -0.25) is 9.59 Å². The number of rotatable bonds is 54. The maximum absolute atomic E-state index is 12.3. The molecule has 0 aliphatic heterocycles. The monoisotopic (exact) mass is 997 g/mol. The molecule has 72 heavy (non-hydrogen) atoms. The molecule has 0 saturated heterocycles. The third-order valence-corrected chi connectivity index (χ3v) is 12.7. The molecular formula is C67H112O5. The number of aliphatic hydroxyl groups excluding tert-OH is 1. The van der Waals surface area contributed by atoms with Crippen LogP contribution in [0.1, 0.15) is 271 Å². The van der Waals surface area contributed by atoms with E-state index in [0.717, 1.165) is 116 Å². The van der Waals surface area contributed by atoms with Gasteiger partial charge >= 0.3 is 11.9 Å². The molecule has 5 nitrogen and oxygen atoms in total. The van der Waals surface area contributed by atoms with Crippen LogP contribution in [0.3, 0.4) is 0 Å². The SMILES string of the molecule is CC/C=C\C/C=C\C/C=C\C/C=C\C/C=C\C/C=C\C/C=C\C/C=C\C/C=C\CCCCCCCC(=O)OC(CO)COC(=O)CCCCCCCCCCCCCCC/C=C\CCCCCCCCCC. The molecule has 0 aliphatic carbocycles. The number of aliphatic hydroxyl groups is 1. The molecule has 0 aromatic carbocycles. The Morgan fingerprint density at radius 3 is 0.917 bits per heavy atom. The minimum atomic E-state index is -0.792. The number of hydrogen-bond acceptors (Lipinski definition) is 5. The van der Waals surface area contributed by atoms with Crippen LogP contribution >= 0.6 is 0 Å². The lowest BCUT2D eigenvalue weighted by Crippen LogP contribution is -2.28. The van der Waals surface area contributed by atoms with Crippen LogP contribution in [0.4, 0.5) is 0 Å². The van der Waals surface area contributed by atoms with E-state index in [1.807, 2.05) is 0 Å². The van der Waals surface area contributed by atoms with Crippen LogP contribution in [-0.2, 0) is 19.1 Å². The number of unbranched alkanes of at least 4 members (excludes halogenated alkanes) is 26. The number of hydrogen-bond donors (Lipinski definition) is 1. The molecule has 0 aromatic heterocycles. The molecule has 410 valence electrons. The minimum absolute atomic E-state index is 0.0794. The van der Waals surface area contributed by atoms with Crippen molar-refractivity contribution in [1.82, 2.24) is 0 Å². The third kappa shape index (κ3) is 58.9. The van der Waals surface area contributed by atoms with Crippen molar-refractivity contribution < 1.29 is 24.2 Å². The first-order chi connectivity index (χ1) is 35.6. The first kappa shape index (κ1) is 68.3. The molecule has 0 bridgehead atoms. The predicted octanol–water partition coefficient (Wildman–Crippen LogP) is 20.6. The summed E-state index contributed by atoms with van der Waals surface area (Å²) < 4.78 is 10.7. The summed E-state index contributed by atoms with van der Waals surface area (Å²) in [6.45, 7) is 4.02. The quantitative estimate of drug-likeness (QED) is 0.0373. The Bertz CT molecular complexity index is 1450. The van der Waals surface area contributed by atoms with Crippen LogP contribution in [-0.4, -0.2) is 36.4 Å². The molecule has 0 fully saturated rings. The summed E-state index contributed by atoms with van der Waals surface area (Å²) in [5.41, 5.74) is 0. The second-order valence-corrected chi connectivity index (χ2v) is 19.7. The first-order valence-corrected chi connectivity index (χ1v) is 30.1. The molecule has 0 radical (unpaired) electrons. The van der Waals surface area contributed by atoms with Crippen molar-refractivity contribution in [2.24, 2.45) is 0 Å². The molecule has 0 heterocycles.